The zero-order valence-corrected chi connectivity index (χ0v) is 23.4. The van der Waals surface area contributed by atoms with Crippen molar-refractivity contribution in [1.29, 1.82) is 0 Å². The van der Waals surface area contributed by atoms with E-state index in [2.05, 4.69) is 37.6 Å². The predicted molar refractivity (Wildman–Crippen MR) is 160 cm³/mol. The smallest absolute Gasteiger partial charge is 0.322 e. The summed E-state index contributed by atoms with van der Waals surface area (Å²) in [5, 5.41) is 12.7. The number of hydrogen-bond acceptors (Lipinski definition) is 7. The number of nitrogens with zero attached hydrogens (tertiary/aromatic N) is 6. The molecule has 2 fully saturated rings. The van der Waals surface area contributed by atoms with Gasteiger partial charge in [0.15, 0.2) is 0 Å². The fourth-order valence-corrected chi connectivity index (χ4v) is 6.22. The van der Waals surface area contributed by atoms with E-state index in [0.717, 1.165) is 53.6 Å². The van der Waals surface area contributed by atoms with Crippen molar-refractivity contribution >= 4 is 45.0 Å². The number of urea groups is 1. The number of ether oxygens (including phenoxy) is 1. The quantitative estimate of drug-likeness (QED) is 0.295. The van der Waals surface area contributed by atoms with Gasteiger partial charge in [-0.25, -0.2) is 19.2 Å². The highest BCUT2D eigenvalue weighted by atomic mass is 19.1. The maximum atomic E-state index is 13.7. The minimum atomic E-state index is -0.265. The molecule has 2 aliphatic heterocycles. The number of hydrogen-bond donors (Lipinski definition) is 2. The lowest BCUT2D eigenvalue weighted by Gasteiger charge is -2.22. The monoisotopic (exact) mass is 566 g/mol. The lowest BCUT2D eigenvalue weighted by molar-refractivity contribution is 0.213. The van der Waals surface area contributed by atoms with E-state index in [9.17, 15) is 9.18 Å². The average Bonchev–Trinajstić information content (AvgIpc) is 3.69. The van der Waals surface area contributed by atoms with Gasteiger partial charge in [-0.2, -0.15) is 5.10 Å². The second-order valence-corrected chi connectivity index (χ2v) is 11.1. The number of carbonyl (C=O) groups excluding carboxylic acids is 1. The third-order valence-electron chi connectivity index (χ3n) is 8.44. The van der Waals surface area contributed by atoms with Crippen LogP contribution < -0.4 is 15.4 Å². The summed E-state index contributed by atoms with van der Waals surface area (Å²) in [6.45, 7) is 3.04. The van der Waals surface area contributed by atoms with E-state index in [1.807, 2.05) is 46.0 Å². The van der Waals surface area contributed by atoms with E-state index >= 15 is 0 Å². The summed E-state index contributed by atoms with van der Waals surface area (Å²) in [5.74, 6) is 1.39. The molecule has 2 amide bonds. The molecule has 0 bridgehead atoms. The third kappa shape index (κ3) is 4.85. The normalized spacial score (nSPS) is 18.5. The Balaban J connectivity index is 1.14. The fraction of sp³-hybridized carbons (Fsp3) is 0.290. The number of aromatic nitrogens is 4. The molecular weight excluding hydrogens is 535 g/mol. The predicted octanol–water partition coefficient (Wildman–Crippen LogP) is 5.09. The SMILES string of the molecule is COc1cc2ncnc(Nc3ccc4c(cnn4Cc4cccc(F)c4)c3)c2cc1NC(=O)N1C[C@@H]2CCN(C)[C@@H]2C1. The van der Waals surface area contributed by atoms with Crippen molar-refractivity contribution in [1.82, 2.24) is 29.5 Å². The summed E-state index contributed by atoms with van der Waals surface area (Å²) in [6, 6.07) is 16.4. The van der Waals surface area contributed by atoms with Crippen LogP contribution in [-0.2, 0) is 6.54 Å². The Morgan fingerprint density at radius 2 is 2.02 bits per heavy atom. The molecule has 42 heavy (non-hydrogen) atoms. The Kier molecular flexibility index (Phi) is 6.58. The lowest BCUT2D eigenvalue weighted by Crippen LogP contribution is -2.37. The van der Waals surface area contributed by atoms with Crippen LogP contribution in [0.5, 0.6) is 5.75 Å². The summed E-state index contributed by atoms with van der Waals surface area (Å²) in [4.78, 5) is 26.4. The van der Waals surface area contributed by atoms with Crippen molar-refractivity contribution < 1.29 is 13.9 Å². The van der Waals surface area contributed by atoms with Crippen LogP contribution in [0.3, 0.4) is 0 Å². The number of halogens is 1. The van der Waals surface area contributed by atoms with Gasteiger partial charge in [-0.1, -0.05) is 12.1 Å². The molecule has 214 valence electrons. The molecule has 7 rings (SSSR count). The molecule has 2 aromatic heterocycles. The summed E-state index contributed by atoms with van der Waals surface area (Å²) in [7, 11) is 3.71. The number of likely N-dealkylation sites (tertiary alicyclic amines) is 2. The van der Waals surface area contributed by atoms with E-state index in [-0.39, 0.29) is 11.8 Å². The second-order valence-electron chi connectivity index (χ2n) is 11.1. The van der Waals surface area contributed by atoms with Crippen LogP contribution in [0.2, 0.25) is 0 Å². The molecule has 10 nitrogen and oxygen atoms in total. The molecule has 2 N–H and O–H groups in total. The summed E-state index contributed by atoms with van der Waals surface area (Å²) < 4.78 is 21.1. The summed E-state index contributed by atoms with van der Waals surface area (Å²) >= 11 is 0. The average molecular weight is 567 g/mol. The third-order valence-corrected chi connectivity index (χ3v) is 8.44. The van der Waals surface area contributed by atoms with Crippen LogP contribution in [0, 0.1) is 11.7 Å². The Bertz CT molecular complexity index is 1810. The van der Waals surface area contributed by atoms with Gasteiger partial charge in [0.05, 0.1) is 36.6 Å². The lowest BCUT2D eigenvalue weighted by atomic mass is 10.1. The number of carbonyl (C=O) groups is 1. The zero-order valence-electron chi connectivity index (χ0n) is 23.4. The van der Waals surface area contributed by atoms with Crippen molar-refractivity contribution in [2.75, 3.05) is 44.4 Å². The fourth-order valence-electron chi connectivity index (χ4n) is 6.22. The second kappa shape index (κ2) is 10.6. The number of nitrogens with one attached hydrogen (secondary N) is 2. The molecule has 11 heteroatoms. The largest absolute Gasteiger partial charge is 0.494 e. The van der Waals surface area contributed by atoms with Gasteiger partial charge in [-0.3, -0.25) is 4.68 Å². The molecule has 3 aromatic carbocycles. The van der Waals surface area contributed by atoms with E-state index < -0.39 is 0 Å². The molecule has 0 spiro atoms. The van der Waals surface area contributed by atoms with E-state index in [0.29, 0.717) is 41.3 Å². The van der Waals surface area contributed by atoms with Gasteiger partial charge in [-0.05, 0) is 67.9 Å². The van der Waals surface area contributed by atoms with Crippen LogP contribution in [0.15, 0.2) is 67.1 Å². The standard InChI is InChI=1S/C31H31FN8O2/c1-38-9-8-20-16-39(17-28(20)38)31(41)37-26-12-24-25(13-29(26)42-2)33-18-34-30(24)36-23-6-7-27-21(11-23)14-35-40(27)15-19-4-3-5-22(32)10-19/h3-7,10-14,18,20,28H,8-9,15-17H2,1-2H3,(H,37,41)(H,33,34,36)/t20-,28+/m0/s1. The molecule has 5 aromatic rings. The Labute approximate surface area is 242 Å². The summed E-state index contributed by atoms with van der Waals surface area (Å²) in [5.41, 5.74) is 3.84. The van der Waals surface area contributed by atoms with Gasteiger partial charge in [0.1, 0.15) is 23.7 Å². The molecule has 2 atom stereocenters. The molecule has 4 heterocycles. The number of anilines is 3. The first kappa shape index (κ1) is 26.1. The highest BCUT2D eigenvalue weighted by molar-refractivity contribution is 5.99. The first-order valence-electron chi connectivity index (χ1n) is 14.0. The number of fused-ring (bicyclic) bond motifs is 3. The molecular formula is C31H31FN8O2. The van der Waals surface area contributed by atoms with Crippen LogP contribution in [0.1, 0.15) is 12.0 Å². The van der Waals surface area contributed by atoms with E-state index in [1.165, 1.54) is 18.5 Å². The number of benzene rings is 3. The van der Waals surface area contributed by atoms with Gasteiger partial charge in [0, 0.05) is 41.7 Å². The maximum Gasteiger partial charge on any atom is 0.322 e. The topological polar surface area (TPSA) is 100 Å². The van der Waals surface area contributed by atoms with E-state index in [4.69, 9.17) is 4.74 Å². The molecule has 0 unspecified atom stereocenters. The minimum Gasteiger partial charge on any atom is -0.494 e. The minimum absolute atomic E-state index is 0.137. The van der Waals surface area contributed by atoms with E-state index in [1.54, 1.807) is 19.4 Å². The molecule has 0 aliphatic carbocycles. The van der Waals surface area contributed by atoms with Crippen molar-refractivity contribution in [2.24, 2.45) is 5.92 Å². The van der Waals surface area contributed by atoms with Gasteiger partial charge < -0.3 is 25.2 Å². The Morgan fingerprint density at radius 3 is 2.86 bits per heavy atom. The Hall–Kier alpha value is -4.77. The van der Waals surface area contributed by atoms with Crippen LogP contribution in [-0.4, -0.2) is 75.4 Å². The molecule has 2 saturated heterocycles. The van der Waals surface area contributed by atoms with Crippen LogP contribution in [0.25, 0.3) is 21.8 Å². The molecule has 0 saturated carbocycles. The number of methoxy groups -OCH3 is 1. The van der Waals surface area contributed by atoms with Gasteiger partial charge >= 0.3 is 6.03 Å². The maximum absolute atomic E-state index is 13.7. The molecule has 2 aliphatic rings. The number of likely N-dealkylation sites (N-methyl/N-ethyl adjacent to an activating group) is 1. The highest BCUT2D eigenvalue weighted by Gasteiger charge is 2.41. The number of rotatable bonds is 6. The van der Waals surface area contributed by atoms with Crippen molar-refractivity contribution in [3.8, 4) is 5.75 Å². The number of amides is 2. The summed E-state index contributed by atoms with van der Waals surface area (Å²) in [6.07, 6.45) is 4.41. The molecule has 0 radical (unpaired) electrons. The van der Waals surface area contributed by atoms with Crippen LogP contribution >= 0.6 is 0 Å². The zero-order chi connectivity index (χ0) is 28.8. The van der Waals surface area contributed by atoms with Gasteiger partial charge in [0.25, 0.3) is 0 Å². The first-order chi connectivity index (χ1) is 20.4. The Morgan fingerprint density at radius 1 is 1.12 bits per heavy atom. The van der Waals surface area contributed by atoms with Crippen molar-refractivity contribution in [2.45, 2.75) is 19.0 Å². The first-order valence-corrected chi connectivity index (χ1v) is 14.0. The van der Waals surface area contributed by atoms with Crippen molar-refractivity contribution in [3.63, 3.8) is 0 Å². The highest BCUT2D eigenvalue weighted by Crippen LogP contribution is 2.35. The van der Waals surface area contributed by atoms with Crippen LogP contribution in [0.4, 0.5) is 26.4 Å². The van der Waals surface area contributed by atoms with Gasteiger partial charge in [-0.15, -0.1) is 0 Å². The van der Waals surface area contributed by atoms with Gasteiger partial charge in [0.2, 0.25) is 0 Å². The van der Waals surface area contributed by atoms with Crippen molar-refractivity contribution in [3.05, 3.63) is 78.5 Å².